The van der Waals surface area contributed by atoms with Crippen molar-refractivity contribution in [2.75, 3.05) is 0 Å². The first-order chi connectivity index (χ1) is 27.8. The van der Waals surface area contributed by atoms with E-state index in [9.17, 15) is 0 Å². The molecule has 13 rings (SSSR count). The molecular formula is C50H29N5S. The van der Waals surface area contributed by atoms with Crippen molar-refractivity contribution >= 4 is 88.1 Å². The maximum Gasteiger partial charge on any atom is 0.235 e. The second-order valence-corrected chi connectivity index (χ2v) is 15.6. The number of fused-ring (bicyclic) bond motifs is 14. The molecule has 4 aromatic heterocycles. The molecule has 1 aliphatic rings. The van der Waals surface area contributed by atoms with Gasteiger partial charge in [-0.25, -0.2) is 9.97 Å². The highest BCUT2D eigenvalue weighted by atomic mass is 32.2. The topological polar surface area (TPSA) is 40.6 Å². The predicted molar refractivity (Wildman–Crippen MR) is 232 cm³/mol. The zero-order valence-corrected chi connectivity index (χ0v) is 30.7. The predicted octanol–water partition coefficient (Wildman–Crippen LogP) is 13.1. The van der Waals surface area contributed by atoms with E-state index in [1.807, 2.05) is 0 Å². The number of para-hydroxylation sites is 5. The molecule has 0 unspecified atom stereocenters. The molecule has 0 saturated carbocycles. The van der Waals surface area contributed by atoms with E-state index in [1.54, 1.807) is 11.8 Å². The molecule has 0 atom stereocenters. The Morgan fingerprint density at radius 2 is 0.857 bits per heavy atom. The summed E-state index contributed by atoms with van der Waals surface area (Å²) in [5, 5.41) is 8.29. The van der Waals surface area contributed by atoms with Gasteiger partial charge in [-0.15, -0.1) is 0 Å². The Bertz CT molecular complexity index is 3610. The average Bonchev–Trinajstić information content (AvgIpc) is 3.90. The minimum atomic E-state index is 0.662. The van der Waals surface area contributed by atoms with Crippen molar-refractivity contribution < 1.29 is 0 Å². The van der Waals surface area contributed by atoms with Gasteiger partial charge in [0.05, 0.1) is 44.3 Å². The van der Waals surface area contributed by atoms with Gasteiger partial charge in [-0.1, -0.05) is 127 Å². The Morgan fingerprint density at radius 3 is 1.54 bits per heavy atom. The van der Waals surface area contributed by atoms with Gasteiger partial charge in [0, 0.05) is 64.4 Å². The highest BCUT2D eigenvalue weighted by molar-refractivity contribution is 7.99. The van der Waals surface area contributed by atoms with Crippen molar-refractivity contribution in [1.82, 2.24) is 23.7 Å². The molecule has 0 fully saturated rings. The Hall–Kier alpha value is -7.15. The van der Waals surface area contributed by atoms with Crippen LogP contribution in [0.15, 0.2) is 186 Å². The van der Waals surface area contributed by atoms with Crippen molar-refractivity contribution in [2.24, 2.45) is 0 Å². The van der Waals surface area contributed by atoms with Crippen LogP contribution in [-0.4, -0.2) is 23.7 Å². The third kappa shape index (κ3) is 3.90. The summed E-state index contributed by atoms with van der Waals surface area (Å²) in [6, 6.07) is 63.2. The lowest BCUT2D eigenvalue weighted by atomic mass is 10.0. The Kier molecular flexibility index (Phi) is 6.04. The van der Waals surface area contributed by atoms with E-state index in [2.05, 4.69) is 190 Å². The zero-order chi connectivity index (χ0) is 36.5. The molecule has 5 heterocycles. The molecule has 0 amide bonds. The molecule has 0 bridgehead atoms. The minimum Gasteiger partial charge on any atom is -0.309 e. The second-order valence-electron chi connectivity index (χ2n) is 14.5. The maximum absolute atomic E-state index is 5.60. The van der Waals surface area contributed by atoms with Gasteiger partial charge in [0.1, 0.15) is 0 Å². The van der Waals surface area contributed by atoms with Gasteiger partial charge in [0.2, 0.25) is 5.95 Å². The van der Waals surface area contributed by atoms with Gasteiger partial charge in [-0.2, -0.15) is 0 Å². The fourth-order valence-electron chi connectivity index (χ4n) is 9.44. The summed E-state index contributed by atoms with van der Waals surface area (Å²) in [6.07, 6.45) is 0. The van der Waals surface area contributed by atoms with E-state index in [4.69, 9.17) is 9.97 Å². The summed E-state index contributed by atoms with van der Waals surface area (Å²) in [5.41, 5.74) is 12.1. The van der Waals surface area contributed by atoms with Crippen LogP contribution in [0.3, 0.4) is 0 Å². The van der Waals surface area contributed by atoms with E-state index in [1.165, 1.54) is 47.8 Å². The number of nitrogens with zero attached hydrogens (tertiary/aromatic N) is 5. The smallest absolute Gasteiger partial charge is 0.235 e. The van der Waals surface area contributed by atoms with Crippen LogP contribution in [0.1, 0.15) is 0 Å². The van der Waals surface area contributed by atoms with Gasteiger partial charge in [-0.05, 0) is 60.7 Å². The zero-order valence-electron chi connectivity index (χ0n) is 29.9. The van der Waals surface area contributed by atoms with Crippen LogP contribution in [-0.2, 0) is 0 Å². The lowest BCUT2D eigenvalue weighted by Gasteiger charge is -2.20. The molecule has 6 heteroatoms. The fraction of sp³-hybridized carbons (Fsp3) is 0. The molecule has 12 aromatic rings. The summed E-state index contributed by atoms with van der Waals surface area (Å²) >= 11 is 1.80. The van der Waals surface area contributed by atoms with Gasteiger partial charge in [0.25, 0.3) is 0 Å². The lowest BCUT2D eigenvalue weighted by molar-refractivity contribution is 1.01. The number of hydrogen-bond acceptors (Lipinski definition) is 3. The quantitative estimate of drug-likeness (QED) is 0.182. The highest BCUT2D eigenvalue weighted by Gasteiger charge is 2.30. The summed E-state index contributed by atoms with van der Waals surface area (Å²) in [4.78, 5) is 13.5. The summed E-state index contributed by atoms with van der Waals surface area (Å²) in [7, 11) is 0. The lowest BCUT2D eigenvalue weighted by Crippen LogP contribution is -2.06. The summed E-state index contributed by atoms with van der Waals surface area (Å²) in [6.45, 7) is 0. The van der Waals surface area contributed by atoms with Crippen molar-refractivity contribution in [1.29, 1.82) is 0 Å². The normalized spacial score (nSPS) is 12.6. The number of aromatic nitrogens is 5. The second kappa shape index (κ2) is 11.2. The molecule has 0 radical (unpaired) electrons. The van der Waals surface area contributed by atoms with E-state index in [-0.39, 0.29) is 0 Å². The van der Waals surface area contributed by atoms with Crippen LogP contribution < -0.4 is 0 Å². The summed E-state index contributed by atoms with van der Waals surface area (Å²) < 4.78 is 7.30. The van der Waals surface area contributed by atoms with E-state index in [0.717, 1.165) is 61.0 Å². The first-order valence-electron chi connectivity index (χ1n) is 18.9. The van der Waals surface area contributed by atoms with Crippen LogP contribution in [0.2, 0.25) is 0 Å². The first kappa shape index (κ1) is 30.2. The van der Waals surface area contributed by atoms with Gasteiger partial charge < -0.3 is 9.13 Å². The van der Waals surface area contributed by atoms with Crippen LogP contribution in [0.4, 0.5) is 0 Å². The number of rotatable bonds is 3. The molecule has 1 aliphatic heterocycles. The SMILES string of the molecule is c1ccc(-n2c3ccccc3c3c4c5ccccc5n(-c5nc6c7c(cccc7n5)Sc5ccccc5-6)c4c4c(c5ccccc5n4-c4ccccc4)c32)cc1. The van der Waals surface area contributed by atoms with Gasteiger partial charge in [-0.3, -0.25) is 4.57 Å². The van der Waals surface area contributed by atoms with Crippen molar-refractivity contribution in [3.8, 4) is 28.6 Å². The molecule has 0 N–H and O–H groups in total. The molecular weight excluding hydrogens is 703 g/mol. The summed E-state index contributed by atoms with van der Waals surface area (Å²) in [5.74, 6) is 0.662. The van der Waals surface area contributed by atoms with E-state index < -0.39 is 0 Å². The van der Waals surface area contributed by atoms with Crippen LogP contribution in [0, 0.1) is 0 Å². The molecule has 5 nitrogen and oxygen atoms in total. The Balaban J connectivity index is 1.34. The molecule has 0 spiro atoms. The third-order valence-corrected chi connectivity index (χ3v) is 12.7. The highest BCUT2D eigenvalue weighted by Crippen LogP contribution is 2.51. The standard InChI is InChI=1S/C50H29N5S/c1-3-16-30(17-4-1)53-37-25-11-7-20-32(37)42-43-33-21-8-13-27-39(33)55(50-51-36-24-15-29-41-45(36)46(52-50)35-23-10-14-28-40(35)56-41)48(43)49-44(47(42)53)34-22-9-12-26-38(34)54(49)31-18-5-2-6-19-31/h1-29H. The number of benzene rings is 8. The third-order valence-electron chi connectivity index (χ3n) is 11.6. The monoisotopic (exact) mass is 731 g/mol. The Morgan fingerprint density at radius 1 is 0.357 bits per heavy atom. The van der Waals surface area contributed by atoms with E-state index >= 15 is 0 Å². The fourth-order valence-corrected chi connectivity index (χ4v) is 10.5. The van der Waals surface area contributed by atoms with Crippen LogP contribution in [0.5, 0.6) is 0 Å². The van der Waals surface area contributed by atoms with Gasteiger partial charge >= 0.3 is 0 Å². The minimum absolute atomic E-state index is 0.662. The van der Waals surface area contributed by atoms with Crippen LogP contribution in [0.25, 0.3) is 105 Å². The molecule has 0 aliphatic carbocycles. The van der Waals surface area contributed by atoms with Crippen LogP contribution >= 0.6 is 11.8 Å². The Labute approximate surface area is 324 Å². The molecule has 56 heavy (non-hydrogen) atoms. The van der Waals surface area contributed by atoms with E-state index in [0.29, 0.717) is 5.95 Å². The van der Waals surface area contributed by atoms with Crippen molar-refractivity contribution in [3.05, 3.63) is 176 Å². The van der Waals surface area contributed by atoms with Crippen molar-refractivity contribution in [3.63, 3.8) is 0 Å². The molecule has 8 aromatic carbocycles. The first-order valence-corrected chi connectivity index (χ1v) is 19.8. The van der Waals surface area contributed by atoms with Gasteiger partial charge in [0.15, 0.2) is 0 Å². The molecule has 260 valence electrons. The number of hydrogen-bond donors (Lipinski definition) is 0. The maximum atomic E-state index is 5.60. The molecule has 0 saturated heterocycles. The largest absolute Gasteiger partial charge is 0.309 e. The average molecular weight is 732 g/mol. The van der Waals surface area contributed by atoms with Crippen molar-refractivity contribution in [2.45, 2.75) is 9.79 Å².